The van der Waals surface area contributed by atoms with Crippen molar-refractivity contribution < 1.29 is 80.2 Å². The lowest BCUT2D eigenvalue weighted by atomic mass is 10.0. The second-order valence-corrected chi connectivity index (χ2v) is 36.4. The maximum atomic E-state index is 13.2. The first kappa shape index (κ1) is 109. The zero-order chi connectivity index (χ0) is 81.1. The van der Waals surface area contributed by atoms with E-state index in [-0.39, 0.29) is 25.7 Å². The van der Waals surface area contributed by atoms with Crippen molar-refractivity contribution in [2.24, 2.45) is 5.92 Å². The number of aliphatic hydroxyl groups excluding tert-OH is 1. The number of phosphoric ester groups is 2. The minimum atomic E-state index is -4.97. The highest BCUT2D eigenvalue weighted by atomic mass is 31.2. The van der Waals surface area contributed by atoms with Crippen molar-refractivity contribution in [1.82, 2.24) is 0 Å². The number of carbonyl (C=O) groups is 4. The molecule has 0 bridgehead atoms. The SMILES string of the molecule is CCCCCCCCCCCCCCCCCCCCCCCC(=O)O[C@H](COC(=O)CCCCCCCCCCCCCCCCCCCCCC)COP(=O)(O)OC[C@@H](O)COP(=O)(O)OC[C@@H](COC(=O)CCCCCCCCCCCCCCC)OC(=O)CCCCCCCCCCCCCCCCC(C)C. The Kier molecular flexibility index (Phi) is 83.0. The Hall–Kier alpha value is -1.94. The van der Waals surface area contributed by atoms with Crippen LogP contribution in [0.3, 0.4) is 0 Å². The molecule has 5 atom stereocenters. The van der Waals surface area contributed by atoms with Crippen LogP contribution < -0.4 is 0 Å². The lowest BCUT2D eigenvalue weighted by Gasteiger charge is -2.21. The molecule has 0 aliphatic heterocycles. The van der Waals surface area contributed by atoms with Gasteiger partial charge in [0.15, 0.2) is 12.2 Å². The molecule has 0 aliphatic carbocycles. The molecule has 0 heterocycles. The summed E-state index contributed by atoms with van der Waals surface area (Å²) in [5.74, 6) is -1.30. The van der Waals surface area contributed by atoms with Gasteiger partial charge in [0.1, 0.15) is 19.3 Å². The van der Waals surface area contributed by atoms with Gasteiger partial charge in [-0.3, -0.25) is 37.3 Å². The van der Waals surface area contributed by atoms with E-state index in [0.29, 0.717) is 25.7 Å². The Bertz CT molecular complexity index is 2100. The van der Waals surface area contributed by atoms with Crippen LogP contribution in [-0.4, -0.2) is 96.7 Å². The topological polar surface area (TPSA) is 237 Å². The fourth-order valence-corrected chi connectivity index (χ4v) is 16.1. The molecule has 0 saturated heterocycles. The Morgan fingerprint density at radius 2 is 0.414 bits per heavy atom. The van der Waals surface area contributed by atoms with Crippen LogP contribution in [0.15, 0.2) is 0 Å². The maximum Gasteiger partial charge on any atom is 0.472 e. The van der Waals surface area contributed by atoms with E-state index in [1.54, 1.807) is 0 Å². The lowest BCUT2D eigenvalue weighted by Crippen LogP contribution is -2.30. The zero-order valence-corrected chi connectivity index (χ0v) is 74.9. The van der Waals surface area contributed by atoms with E-state index >= 15 is 0 Å². The van der Waals surface area contributed by atoms with E-state index in [1.807, 2.05) is 0 Å². The van der Waals surface area contributed by atoms with Crippen LogP contribution in [0.5, 0.6) is 0 Å². The minimum Gasteiger partial charge on any atom is -0.462 e. The molecule has 0 aliphatic rings. The molecule has 0 aromatic heterocycles. The molecule has 0 amide bonds. The molecule has 0 radical (unpaired) electrons. The standard InChI is InChI=1S/C92H180O17P2/c1-6-9-12-15-18-21-24-27-29-31-33-35-37-39-41-47-52-57-62-67-72-77-91(96)108-88(82-103-90(95)76-71-66-61-56-51-46-40-38-36-34-32-30-28-25-22-19-16-13-10-7-2)84-107-111(100,101)105-80-86(93)79-104-110(98,99)106-83-87(81-102-89(94)75-70-65-60-55-50-44-26-23-20-17-14-11-8-3)109-92(97)78-73-68-63-58-53-48-43-42-45-49-54-59-64-69-74-85(4)5/h85-88,93H,6-84H2,1-5H3,(H,98,99)(H,100,101)/t86-,87+,88+/m0/s1. The average Bonchev–Trinajstić information content (AvgIpc) is 0.902. The highest BCUT2D eigenvalue weighted by Gasteiger charge is 2.31. The van der Waals surface area contributed by atoms with Crippen molar-refractivity contribution in [2.45, 2.75) is 522 Å². The van der Waals surface area contributed by atoms with Crippen molar-refractivity contribution in [1.29, 1.82) is 0 Å². The Morgan fingerprint density at radius 1 is 0.243 bits per heavy atom. The smallest absolute Gasteiger partial charge is 0.462 e. The van der Waals surface area contributed by atoms with Gasteiger partial charge in [-0.15, -0.1) is 0 Å². The monoisotopic (exact) mass is 1620 g/mol. The van der Waals surface area contributed by atoms with Crippen LogP contribution in [0.2, 0.25) is 0 Å². The summed E-state index contributed by atoms with van der Waals surface area (Å²) < 4.78 is 69.1. The van der Waals surface area contributed by atoms with Gasteiger partial charge in [0.25, 0.3) is 0 Å². The summed E-state index contributed by atoms with van der Waals surface area (Å²) in [6, 6.07) is 0. The van der Waals surface area contributed by atoms with E-state index in [4.69, 9.17) is 37.0 Å². The van der Waals surface area contributed by atoms with E-state index in [9.17, 15) is 43.2 Å². The van der Waals surface area contributed by atoms with E-state index < -0.39 is 97.5 Å². The number of hydrogen-bond acceptors (Lipinski definition) is 15. The van der Waals surface area contributed by atoms with Crippen LogP contribution in [0.1, 0.15) is 503 Å². The molecule has 2 unspecified atom stereocenters. The molecule has 0 saturated carbocycles. The van der Waals surface area contributed by atoms with Crippen LogP contribution in [0.25, 0.3) is 0 Å². The summed E-state index contributed by atoms with van der Waals surface area (Å²) in [5, 5.41) is 10.7. The number of carbonyl (C=O) groups excluding carboxylic acids is 4. The molecule has 0 rings (SSSR count). The lowest BCUT2D eigenvalue weighted by molar-refractivity contribution is -0.161. The van der Waals surface area contributed by atoms with Gasteiger partial charge in [0.05, 0.1) is 26.4 Å². The summed E-state index contributed by atoms with van der Waals surface area (Å²) in [4.78, 5) is 73.5. The van der Waals surface area contributed by atoms with Crippen LogP contribution in [0.4, 0.5) is 0 Å². The molecular weight excluding hydrogens is 1440 g/mol. The van der Waals surface area contributed by atoms with Gasteiger partial charge >= 0.3 is 39.5 Å². The quantitative estimate of drug-likeness (QED) is 0.0222. The van der Waals surface area contributed by atoms with Gasteiger partial charge in [-0.2, -0.15) is 0 Å². The number of hydrogen-bond donors (Lipinski definition) is 3. The molecule has 0 fully saturated rings. The molecule has 19 heteroatoms. The van der Waals surface area contributed by atoms with Gasteiger partial charge in [-0.1, -0.05) is 452 Å². The van der Waals surface area contributed by atoms with Crippen molar-refractivity contribution in [3.05, 3.63) is 0 Å². The van der Waals surface area contributed by atoms with Crippen LogP contribution in [-0.2, 0) is 65.4 Å². The second-order valence-electron chi connectivity index (χ2n) is 33.5. The highest BCUT2D eigenvalue weighted by Crippen LogP contribution is 2.45. The normalized spacial score (nSPS) is 13.7. The van der Waals surface area contributed by atoms with Crippen molar-refractivity contribution in [3.8, 4) is 0 Å². The van der Waals surface area contributed by atoms with E-state index in [1.165, 1.54) is 327 Å². The first-order valence-electron chi connectivity index (χ1n) is 47.6. The minimum absolute atomic E-state index is 0.109. The molecule has 3 N–H and O–H groups in total. The van der Waals surface area contributed by atoms with Crippen molar-refractivity contribution in [2.75, 3.05) is 39.6 Å². The largest absolute Gasteiger partial charge is 0.472 e. The maximum absolute atomic E-state index is 13.2. The van der Waals surface area contributed by atoms with Crippen molar-refractivity contribution >= 4 is 39.5 Å². The number of esters is 4. The third kappa shape index (κ3) is 85.8. The average molecular weight is 1620 g/mol. The Labute approximate surface area is 683 Å². The van der Waals surface area contributed by atoms with Gasteiger partial charge in [-0.05, 0) is 31.6 Å². The molecular formula is C92H180O17P2. The molecule has 0 spiro atoms. The number of phosphoric acid groups is 2. The number of unbranched alkanes of at least 4 members (excludes halogenated alkanes) is 64. The summed E-state index contributed by atoms with van der Waals surface area (Å²) >= 11 is 0. The molecule has 0 aromatic rings. The van der Waals surface area contributed by atoms with Crippen LogP contribution >= 0.6 is 15.6 Å². The molecule has 111 heavy (non-hydrogen) atoms. The first-order chi connectivity index (χ1) is 54.0. The second kappa shape index (κ2) is 84.5. The summed E-state index contributed by atoms with van der Waals surface area (Å²) in [7, 11) is -9.94. The summed E-state index contributed by atoms with van der Waals surface area (Å²) in [5.41, 5.74) is 0. The highest BCUT2D eigenvalue weighted by molar-refractivity contribution is 7.47. The molecule has 17 nitrogen and oxygen atoms in total. The van der Waals surface area contributed by atoms with Crippen molar-refractivity contribution in [3.63, 3.8) is 0 Å². The number of ether oxygens (including phenoxy) is 4. The van der Waals surface area contributed by atoms with Gasteiger partial charge in [0.2, 0.25) is 0 Å². The molecule has 0 aromatic carbocycles. The number of rotatable bonds is 92. The summed E-state index contributed by atoms with van der Waals surface area (Å²) in [6.45, 7) is 7.43. The third-order valence-corrected chi connectivity index (χ3v) is 23.7. The van der Waals surface area contributed by atoms with Crippen LogP contribution in [0, 0.1) is 5.92 Å². The van der Waals surface area contributed by atoms with Gasteiger partial charge in [-0.25, -0.2) is 9.13 Å². The fraction of sp³-hybridized carbons (Fsp3) is 0.957. The van der Waals surface area contributed by atoms with E-state index in [0.717, 1.165) is 95.8 Å². The van der Waals surface area contributed by atoms with E-state index in [2.05, 4.69) is 34.6 Å². The third-order valence-electron chi connectivity index (χ3n) is 21.8. The fourth-order valence-electron chi connectivity index (χ4n) is 14.5. The number of aliphatic hydroxyl groups is 1. The van der Waals surface area contributed by atoms with Gasteiger partial charge < -0.3 is 33.8 Å². The van der Waals surface area contributed by atoms with Gasteiger partial charge in [0, 0.05) is 25.7 Å². The zero-order valence-electron chi connectivity index (χ0n) is 73.1. The first-order valence-corrected chi connectivity index (χ1v) is 50.6. The Morgan fingerprint density at radius 3 is 0.613 bits per heavy atom. The molecule has 660 valence electrons. The predicted molar refractivity (Wildman–Crippen MR) is 460 cm³/mol. The Balaban J connectivity index is 5.25. The summed E-state index contributed by atoms with van der Waals surface area (Å²) in [6.07, 6.45) is 80.6. The predicted octanol–water partition coefficient (Wildman–Crippen LogP) is 28.7.